The quantitative estimate of drug-likeness (QED) is 0.251. The number of halogens is 5. The van der Waals surface area contributed by atoms with Crippen molar-refractivity contribution in [2.75, 3.05) is 13.2 Å². The molecule has 11 heteroatoms. The summed E-state index contributed by atoms with van der Waals surface area (Å²) in [5.74, 6) is -8.21. The van der Waals surface area contributed by atoms with Gasteiger partial charge in [-0.15, -0.1) is 12.6 Å². The smallest absolute Gasteiger partial charge is 0.461 e. The van der Waals surface area contributed by atoms with Crippen molar-refractivity contribution in [3.05, 3.63) is 12.2 Å². The molecular formula is C11H13F5O5S. The van der Waals surface area contributed by atoms with Gasteiger partial charge in [-0.05, 0) is 13.8 Å². The summed E-state index contributed by atoms with van der Waals surface area (Å²) in [7, 11) is 0. The molecule has 0 aromatic carbocycles. The van der Waals surface area contributed by atoms with Gasteiger partial charge in [-0.3, -0.25) is 0 Å². The van der Waals surface area contributed by atoms with Crippen LogP contribution in [0.4, 0.5) is 22.0 Å². The number of thiol groups is 1. The number of alkyl halides is 5. The fourth-order valence-corrected chi connectivity index (χ4v) is 1.08. The van der Waals surface area contributed by atoms with Gasteiger partial charge in [0.15, 0.2) is 0 Å². The molecule has 0 saturated carbocycles. The van der Waals surface area contributed by atoms with Crippen molar-refractivity contribution >= 4 is 24.6 Å². The zero-order valence-electron chi connectivity index (χ0n) is 11.5. The van der Waals surface area contributed by atoms with Crippen molar-refractivity contribution < 1.29 is 45.8 Å². The molecule has 1 unspecified atom stereocenters. The van der Waals surface area contributed by atoms with Crippen LogP contribution >= 0.6 is 12.6 Å². The molecule has 1 atom stereocenters. The Kier molecular flexibility index (Phi) is 6.82. The summed E-state index contributed by atoms with van der Waals surface area (Å²) < 4.78 is 76.7. The third-order valence-corrected chi connectivity index (χ3v) is 2.08. The molecule has 5 nitrogen and oxygen atoms in total. The van der Waals surface area contributed by atoms with E-state index in [-0.39, 0.29) is 0 Å². The fraction of sp³-hybridized carbons (Fsp3) is 0.636. The lowest BCUT2D eigenvalue weighted by atomic mass is 10.2. The molecule has 0 rings (SSSR count). The maximum atomic E-state index is 13.1. The lowest BCUT2D eigenvalue weighted by Crippen LogP contribution is -2.59. The highest BCUT2D eigenvalue weighted by Gasteiger charge is 2.68. The highest BCUT2D eigenvalue weighted by Crippen LogP contribution is 2.38. The Balaban J connectivity index is 5.77. The van der Waals surface area contributed by atoms with E-state index in [1.165, 1.54) is 0 Å². The Hall–Kier alpha value is -1.36. The van der Waals surface area contributed by atoms with Gasteiger partial charge in [0.2, 0.25) is 0 Å². The van der Waals surface area contributed by atoms with Crippen LogP contribution < -0.4 is 0 Å². The van der Waals surface area contributed by atoms with Crippen LogP contribution in [0.15, 0.2) is 12.2 Å². The van der Waals surface area contributed by atoms with E-state index < -0.39 is 47.9 Å². The third-order valence-electron chi connectivity index (χ3n) is 1.95. The first kappa shape index (κ1) is 20.6. The second-order valence-corrected chi connectivity index (χ2v) is 4.61. The van der Waals surface area contributed by atoms with Gasteiger partial charge < -0.3 is 14.2 Å². The summed E-state index contributed by atoms with van der Waals surface area (Å²) >= 11 is 2.68. The van der Waals surface area contributed by atoms with Crippen molar-refractivity contribution in [3.8, 4) is 0 Å². The molecule has 0 spiro atoms. The molecule has 0 bridgehead atoms. The first-order valence-electron chi connectivity index (χ1n) is 5.63. The van der Waals surface area contributed by atoms with Crippen LogP contribution in [-0.4, -0.2) is 42.4 Å². The molecule has 0 aromatic heterocycles. The monoisotopic (exact) mass is 352 g/mol. The molecule has 0 radical (unpaired) electrons. The van der Waals surface area contributed by atoms with Crippen molar-refractivity contribution in [2.24, 2.45) is 0 Å². The van der Waals surface area contributed by atoms with Gasteiger partial charge in [0.25, 0.3) is 0 Å². The molecule has 22 heavy (non-hydrogen) atoms. The summed E-state index contributed by atoms with van der Waals surface area (Å²) in [5.41, 5.74) is -0.515. The van der Waals surface area contributed by atoms with Crippen molar-refractivity contribution in [2.45, 2.75) is 31.1 Å². The van der Waals surface area contributed by atoms with Gasteiger partial charge >= 0.3 is 29.2 Å². The van der Waals surface area contributed by atoms with E-state index in [2.05, 4.69) is 33.4 Å². The summed E-state index contributed by atoms with van der Waals surface area (Å²) in [6.07, 6.45) is -5.68. The maximum Gasteiger partial charge on any atom is 0.468 e. The van der Waals surface area contributed by atoms with E-state index in [9.17, 15) is 31.5 Å². The summed E-state index contributed by atoms with van der Waals surface area (Å²) in [5, 5.41) is -4.02. The molecular weight excluding hydrogens is 339 g/mol. The van der Waals surface area contributed by atoms with Gasteiger partial charge in [0.1, 0.15) is 6.61 Å². The number of ether oxygens (including phenoxy) is 3. The molecule has 0 aliphatic heterocycles. The molecule has 0 heterocycles. The Bertz CT molecular complexity index is 445. The average molecular weight is 352 g/mol. The third kappa shape index (κ3) is 5.44. The molecule has 0 amide bonds. The number of esters is 2. The Morgan fingerprint density at radius 2 is 1.68 bits per heavy atom. The summed E-state index contributed by atoms with van der Waals surface area (Å²) in [6, 6.07) is 0. The van der Waals surface area contributed by atoms with E-state index in [0.717, 1.165) is 13.8 Å². The minimum atomic E-state index is -5.68. The van der Waals surface area contributed by atoms with Crippen LogP contribution in [0, 0.1) is 0 Å². The lowest BCUT2D eigenvalue weighted by molar-refractivity contribution is -0.359. The highest BCUT2D eigenvalue weighted by atomic mass is 32.1. The first-order valence-corrected chi connectivity index (χ1v) is 6.08. The van der Waals surface area contributed by atoms with Crippen molar-refractivity contribution in [3.63, 3.8) is 0 Å². The number of carbonyl (C=O) groups is 2. The molecule has 0 aliphatic carbocycles. The number of carbonyl (C=O) groups excluding carboxylic acids is 2. The minimum absolute atomic E-state index is 0.515. The first-order chi connectivity index (χ1) is 9.77. The highest BCUT2D eigenvalue weighted by molar-refractivity contribution is 7.81. The second kappa shape index (κ2) is 7.27. The van der Waals surface area contributed by atoms with Crippen LogP contribution in [0.2, 0.25) is 0 Å². The van der Waals surface area contributed by atoms with Gasteiger partial charge in [0, 0.05) is 5.57 Å². The average Bonchev–Trinajstić information content (AvgIpc) is 2.31. The van der Waals surface area contributed by atoms with Gasteiger partial charge in [0.05, 0.1) is 6.61 Å². The molecule has 0 aromatic rings. The predicted octanol–water partition coefficient (Wildman–Crippen LogP) is 2.47. The second-order valence-electron chi connectivity index (χ2n) is 3.96. The largest absolute Gasteiger partial charge is 0.468 e. The van der Waals surface area contributed by atoms with Crippen LogP contribution in [0.25, 0.3) is 0 Å². The maximum absolute atomic E-state index is 13.1. The number of rotatable bonds is 7. The van der Waals surface area contributed by atoms with E-state index >= 15 is 0 Å². The van der Waals surface area contributed by atoms with E-state index in [1.54, 1.807) is 0 Å². The minimum Gasteiger partial charge on any atom is -0.461 e. The lowest BCUT2D eigenvalue weighted by Gasteiger charge is -2.32. The van der Waals surface area contributed by atoms with Crippen LogP contribution in [0.5, 0.6) is 0 Å². The van der Waals surface area contributed by atoms with Gasteiger partial charge in [-0.1, -0.05) is 6.58 Å². The van der Waals surface area contributed by atoms with Crippen LogP contribution in [0.3, 0.4) is 0 Å². The van der Waals surface area contributed by atoms with Gasteiger partial charge in [-0.25, -0.2) is 9.59 Å². The van der Waals surface area contributed by atoms with E-state index in [0.29, 0.717) is 0 Å². The molecule has 0 N–H and O–H groups in total. The molecule has 0 fully saturated rings. The van der Waals surface area contributed by atoms with E-state index in [4.69, 9.17) is 0 Å². The molecule has 0 saturated heterocycles. The van der Waals surface area contributed by atoms with Crippen molar-refractivity contribution in [1.29, 1.82) is 0 Å². The van der Waals surface area contributed by atoms with Crippen molar-refractivity contribution in [1.82, 2.24) is 0 Å². The SMILES string of the molecule is C=C(C)C(=O)OC(OCC(F)(F)S)(C(=O)OCC)C(F)(F)F. The van der Waals surface area contributed by atoms with Crippen LogP contribution in [0.1, 0.15) is 13.8 Å². The Morgan fingerprint density at radius 3 is 2.00 bits per heavy atom. The topological polar surface area (TPSA) is 61.8 Å². The summed E-state index contributed by atoms with van der Waals surface area (Å²) in [6.45, 7) is 2.67. The van der Waals surface area contributed by atoms with Gasteiger partial charge in [-0.2, -0.15) is 22.0 Å². The standard InChI is InChI=1S/C11H13F5O5S/c1-4-19-8(18)10(11(14,15)16,20-5-9(12,13)22)21-7(17)6(2)3/h22H,2,4-5H2,1,3H3. The predicted molar refractivity (Wildman–Crippen MR) is 66.2 cm³/mol. The Morgan fingerprint density at radius 1 is 1.18 bits per heavy atom. The molecule has 0 aliphatic rings. The Labute approximate surface area is 127 Å². The number of hydrogen-bond acceptors (Lipinski definition) is 6. The van der Waals surface area contributed by atoms with Crippen LogP contribution in [-0.2, 0) is 23.8 Å². The number of hydrogen-bond donors (Lipinski definition) is 1. The van der Waals surface area contributed by atoms with E-state index in [1.807, 2.05) is 0 Å². The molecule has 128 valence electrons. The fourth-order valence-electron chi connectivity index (χ4n) is 1.02. The summed E-state index contributed by atoms with van der Waals surface area (Å²) in [4.78, 5) is 22.9. The zero-order valence-corrected chi connectivity index (χ0v) is 12.4. The zero-order chi connectivity index (χ0) is 17.8. The normalized spacial score (nSPS) is 14.9.